The lowest BCUT2D eigenvalue weighted by Crippen LogP contribution is -2.38. The zero-order chi connectivity index (χ0) is 34.3. The summed E-state index contributed by atoms with van der Waals surface area (Å²) in [6.07, 6.45) is 10.7. The van der Waals surface area contributed by atoms with Crippen LogP contribution in [0, 0.1) is 0 Å². The van der Waals surface area contributed by atoms with Crippen LogP contribution in [0.3, 0.4) is 0 Å². The molecular weight excluding hydrogens is 637 g/mol. The van der Waals surface area contributed by atoms with E-state index in [0.29, 0.717) is 60.1 Å². The van der Waals surface area contributed by atoms with E-state index in [0.717, 1.165) is 38.1 Å². The normalized spacial score (nSPS) is 12.9. The van der Waals surface area contributed by atoms with Crippen molar-refractivity contribution in [2.24, 2.45) is 0 Å². The Hall–Kier alpha value is -3.72. The van der Waals surface area contributed by atoms with Crippen LogP contribution in [0.1, 0.15) is 66.7 Å². The highest BCUT2D eigenvalue weighted by Gasteiger charge is 2.33. The predicted molar refractivity (Wildman–Crippen MR) is 193 cm³/mol. The van der Waals surface area contributed by atoms with Crippen molar-refractivity contribution in [3.05, 3.63) is 59.7 Å². The largest absolute Gasteiger partial charge is 0.462 e. The van der Waals surface area contributed by atoms with Gasteiger partial charge >= 0.3 is 20.5 Å². The predicted octanol–water partition coefficient (Wildman–Crippen LogP) is 7.42. The van der Waals surface area contributed by atoms with Gasteiger partial charge in [0.2, 0.25) is 17.8 Å². The van der Waals surface area contributed by atoms with Gasteiger partial charge in [-0.1, -0.05) is 26.7 Å². The van der Waals surface area contributed by atoms with Crippen LogP contribution in [0.4, 0.5) is 29.2 Å². The first-order valence-electron chi connectivity index (χ1n) is 16.0. The van der Waals surface area contributed by atoms with E-state index in [2.05, 4.69) is 56.2 Å². The number of aromatic nitrogens is 3. The molecule has 0 radical (unpaired) electrons. The third-order valence-corrected chi connectivity index (χ3v) is 12.3. The molecule has 47 heavy (non-hydrogen) atoms. The van der Waals surface area contributed by atoms with Crippen LogP contribution in [0.2, 0.25) is 12.6 Å². The van der Waals surface area contributed by atoms with Crippen molar-refractivity contribution in [2.45, 2.75) is 58.5 Å². The van der Waals surface area contributed by atoms with Crippen LogP contribution in [0.25, 0.3) is 0 Å². The quantitative estimate of drug-likeness (QED) is 0.0618. The van der Waals surface area contributed by atoms with Crippen molar-refractivity contribution in [1.29, 1.82) is 0 Å². The number of anilines is 5. The third-order valence-electron chi connectivity index (χ3n) is 6.80. The van der Waals surface area contributed by atoms with E-state index in [1.807, 2.05) is 13.8 Å². The van der Waals surface area contributed by atoms with Gasteiger partial charge < -0.3 is 33.7 Å². The molecule has 0 saturated heterocycles. The molecule has 0 fully saturated rings. The molecule has 258 valence electrons. The van der Waals surface area contributed by atoms with Gasteiger partial charge in [0.1, 0.15) is 0 Å². The summed E-state index contributed by atoms with van der Waals surface area (Å²) in [5.74, 6) is 0.265. The molecule has 1 heterocycles. The third kappa shape index (κ3) is 13.5. The highest BCUT2D eigenvalue weighted by Crippen LogP contribution is 2.41. The minimum Gasteiger partial charge on any atom is -0.462 e. The number of carbonyl (C=O) groups is 2. The Morgan fingerprint density at radius 3 is 1.57 bits per heavy atom. The number of benzene rings is 2. The summed E-state index contributed by atoms with van der Waals surface area (Å²) < 4.78 is 22.8. The van der Waals surface area contributed by atoms with Crippen molar-refractivity contribution >= 4 is 60.0 Å². The Morgan fingerprint density at radius 1 is 0.723 bits per heavy atom. The average Bonchev–Trinajstić information content (AvgIpc) is 3.03. The summed E-state index contributed by atoms with van der Waals surface area (Å²) in [7, 11) is -1.76. The molecule has 0 aliphatic rings. The van der Waals surface area contributed by atoms with Crippen molar-refractivity contribution < 1.29 is 27.4 Å². The molecule has 12 nitrogen and oxygen atoms in total. The fourth-order valence-electron chi connectivity index (χ4n) is 4.31. The number of rotatable bonds is 20. The molecule has 14 heteroatoms. The number of nitrogens with zero attached hydrogens (tertiary/aromatic N) is 3. The molecule has 0 aliphatic heterocycles. The zero-order valence-electron chi connectivity index (χ0n) is 28.7. The van der Waals surface area contributed by atoms with Gasteiger partial charge in [0, 0.05) is 25.0 Å². The van der Waals surface area contributed by atoms with E-state index in [9.17, 15) is 9.59 Å². The van der Waals surface area contributed by atoms with Crippen LogP contribution in [0.15, 0.2) is 48.5 Å². The molecule has 1 unspecified atom stereocenters. The summed E-state index contributed by atoms with van der Waals surface area (Å²) in [6, 6.07) is 14.7. The van der Waals surface area contributed by atoms with E-state index < -0.39 is 18.9 Å². The van der Waals surface area contributed by atoms with Crippen molar-refractivity contribution in [3.8, 4) is 0 Å². The summed E-state index contributed by atoms with van der Waals surface area (Å²) in [4.78, 5) is 38.3. The van der Waals surface area contributed by atoms with Crippen LogP contribution < -0.4 is 16.0 Å². The Morgan fingerprint density at radius 2 is 1.17 bits per heavy atom. The molecule has 3 N–H and O–H groups in total. The number of carbonyl (C=O) groups excluding carboxylic acids is 2. The second-order valence-electron chi connectivity index (χ2n) is 11.9. The molecular formula is C33H50N6O6SSi. The van der Waals surface area contributed by atoms with E-state index in [-0.39, 0.29) is 11.9 Å². The van der Waals surface area contributed by atoms with E-state index in [4.69, 9.17) is 17.8 Å². The maximum atomic E-state index is 12.3. The molecule has 3 rings (SSSR count). The van der Waals surface area contributed by atoms with Gasteiger partial charge in [0.25, 0.3) is 0 Å². The second kappa shape index (κ2) is 18.6. The van der Waals surface area contributed by atoms with E-state index in [1.165, 1.54) is 0 Å². The maximum Gasteiger partial charge on any atom is 0.345 e. The first-order chi connectivity index (χ1) is 22.4. The smallest absolute Gasteiger partial charge is 0.345 e. The molecule has 3 aromatic rings. The molecule has 0 bridgehead atoms. The molecule has 0 amide bonds. The highest BCUT2D eigenvalue weighted by atomic mass is 32.3. The Balaban J connectivity index is 1.74. The molecule has 1 atom stereocenters. The molecule has 0 spiro atoms. The fourth-order valence-corrected chi connectivity index (χ4v) is 10.2. The monoisotopic (exact) mass is 686 g/mol. The fraction of sp³-hybridized carbons (Fsp3) is 0.485. The van der Waals surface area contributed by atoms with E-state index in [1.54, 1.807) is 55.6 Å². The number of nitrogens with one attached hydrogen (secondary N) is 3. The SMILES string of the molecule is CCCCOC(=O)c1ccc(Nc2nc(NCCC[Si](C)(OC)OS(C)(C)C)nc(Nc3ccc(C(=O)OCCCC)cc3)n2)cc1. The number of hydrogen-bond acceptors (Lipinski definition) is 12. The minimum atomic E-state index is -2.31. The Bertz CT molecular complexity index is 1340. The topological polar surface area (TPSA) is 146 Å². The number of unbranched alkanes of at least 4 members (excludes halogenated alkanes) is 2. The highest BCUT2D eigenvalue weighted by molar-refractivity contribution is 8.28. The van der Waals surface area contributed by atoms with Crippen LogP contribution in [-0.4, -0.2) is 81.1 Å². The molecule has 0 aliphatic carbocycles. The number of ether oxygens (including phenoxy) is 2. The number of esters is 2. The summed E-state index contributed by atoms with van der Waals surface area (Å²) in [6.45, 7) is 7.57. The van der Waals surface area contributed by atoms with Gasteiger partial charge in [-0.15, -0.1) is 0 Å². The minimum absolute atomic E-state index is 0.301. The molecule has 0 saturated carbocycles. The van der Waals surface area contributed by atoms with Crippen molar-refractivity contribution in [2.75, 3.05) is 61.6 Å². The van der Waals surface area contributed by atoms with Gasteiger partial charge in [-0.25, -0.2) is 9.59 Å². The van der Waals surface area contributed by atoms with Crippen LogP contribution >= 0.6 is 10.3 Å². The average molecular weight is 687 g/mol. The lowest BCUT2D eigenvalue weighted by Gasteiger charge is -2.36. The van der Waals surface area contributed by atoms with Crippen molar-refractivity contribution in [1.82, 2.24) is 15.0 Å². The van der Waals surface area contributed by atoms with E-state index >= 15 is 0 Å². The first-order valence-corrected chi connectivity index (χ1v) is 21.3. The maximum absolute atomic E-state index is 12.3. The van der Waals surface area contributed by atoms with Crippen molar-refractivity contribution in [3.63, 3.8) is 0 Å². The van der Waals surface area contributed by atoms with Crippen LogP contribution in [-0.2, 0) is 17.8 Å². The molecule has 1 aromatic heterocycles. The summed E-state index contributed by atoms with van der Waals surface area (Å²) in [5, 5.41) is 9.71. The zero-order valence-corrected chi connectivity index (χ0v) is 30.5. The Kier molecular flexibility index (Phi) is 14.9. The first kappa shape index (κ1) is 37.7. The van der Waals surface area contributed by atoms with Gasteiger partial charge in [-0.2, -0.15) is 25.3 Å². The second-order valence-corrected chi connectivity index (χ2v) is 19.2. The summed E-state index contributed by atoms with van der Waals surface area (Å²) in [5.41, 5.74) is 2.31. The summed E-state index contributed by atoms with van der Waals surface area (Å²) >= 11 is 0. The van der Waals surface area contributed by atoms with Gasteiger partial charge in [0.15, 0.2) is 0 Å². The standard InChI is InChI=1S/C33H50N6O6SSi/c1-8-10-22-43-29(40)25-13-17-27(18-14-25)35-32-37-31(34-21-12-24-47(7,42-3)45-46(4,5)6)38-33(39-32)36-28-19-15-26(16-20-28)30(41)44-23-11-9-2/h13-20H,8-12,21-24H2,1-7H3,(H3,34,35,36,37,38,39). The van der Waals surface area contributed by atoms with Gasteiger partial charge in [-0.3, -0.25) is 0 Å². The number of hydrogen-bond donors (Lipinski definition) is 3. The van der Waals surface area contributed by atoms with Crippen LogP contribution in [0.5, 0.6) is 0 Å². The lowest BCUT2D eigenvalue weighted by molar-refractivity contribution is 0.0490. The van der Waals surface area contributed by atoms with Gasteiger partial charge in [-0.05, 0) is 99.2 Å². The van der Waals surface area contributed by atoms with Gasteiger partial charge in [0.05, 0.1) is 24.3 Å². The lowest BCUT2D eigenvalue weighted by atomic mass is 10.2. The molecule has 2 aromatic carbocycles. The Labute approximate surface area is 281 Å².